The lowest BCUT2D eigenvalue weighted by molar-refractivity contribution is -0.119. The van der Waals surface area contributed by atoms with E-state index < -0.39 is 12.7 Å². The van der Waals surface area contributed by atoms with Crippen LogP contribution in [0.25, 0.3) is 0 Å². The summed E-state index contributed by atoms with van der Waals surface area (Å²) in [4.78, 5) is 8.58. The van der Waals surface area contributed by atoms with Crippen molar-refractivity contribution in [2.75, 3.05) is 29.1 Å². The van der Waals surface area contributed by atoms with Gasteiger partial charge in [-0.15, -0.1) is 0 Å². The van der Waals surface area contributed by atoms with Gasteiger partial charge in [0, 0.05) is 12.6 Å². The Morgan fingerprint density at radius 2 is 2.06 bits per heavy atom. The first-order chi connectivity index (χ1) is 8.35. The molecule has 9 heteroatoms. The van der Waals surface area contributed by atoms with E-state index in [2.05, 4.69) is 15.4 Å². The van der Waals surface area contributed by atoms with E-state index in [1.807, 2.05) is 0 Å². The Hall–Kier alpha value is -1.77. The second-order valence-corrected chi connectivity index (χ2v) is 3.65. The van der Waals surface area contributed by atoms with Crippen molar-refractivity contribution in [3.05, 3.63) is 6.07 Å². The van der Waals surface area contributed by atoms with E-state index in [4.69, 9.17) is 11.6 Å². The van der Waals surface area contributed by atoms with Crippen LogP contribution in [0.1, 0.15) is 13.3 Å². The van der Waals surface area contributed by atoms with Crippen LogP contribution < -0.4 is 21.9 Å². The molecule has 0 aromatic carbocycles. The van der Waals surface area contributed by atoms with Crippen LogP contribution >= 0.6 is 0 Å². The van der Waals surface area contributed by atoms with Crippen molar-refractivity contribution in [3.8, 4) is 0 Å². The third-order valence-electron chi connectivity index (χ3n) is 2.07. The van der Waals surface area contributed by atoms with Crippen LogP contribution in [0.5, 0.6) is 0 Å². The number of nitrogens with one attached hydrogen (secondary N) is 1. The molecule has 1 rings (SSSR count). The quantitative estimate of drug-likeness (QED) is 0.545. The molecule has 1 aromatic heterocycles. The van der Waals surface area contributed by atoms with Gasteiger partial charge in [0.25, 0.3) is 0 Å². The molecule has 0 aliphatic rings. The molecule has 0 unspecified atom stereocenters. The summed E-state index contributed by atoms with van der Waals surface area (Å²) in [6, 6.07) is 1.32. The zero-order valence-electron chi connectivity index (χ0n) is 9.83. The minimum Gasteiger partial charge on any atom is -0.368 e. The summed E-state index contributed by atoms with van der Waals surface area (Å²) in [6.45, 7) is 0.886. The molecule has 6 nitrogen and oxygen atoms in total. The van der Waals surface area contributed by atoms with Crippen LogP contribution in [0.15, 0.2) is 6.07 Å². The molecule has 1 aromatic rings. The van der Waals surface area contributed by atoms with Gasteiger partial charge >= 0.3 is 6.18 Å². The van der Waals surface area contributed by atoms with Gasteiger partial charge in [0.1, 0.15) is 18.2 Å². The molecule has 0 fully saturated rings. The molecule has 0 atom stereocenters. The van der Waals surface area contributed by atoms with E-state index in [9.17, 15) is 13.2 Å². The monoisotopic (exact) mass is 264 g/mol. The first kappa shape index (κ1) is 14.3. The normalized spacial score (nSPS) is 11.4. The number of nitrogen functional groups attached to an aromatic ring is 2. The van der Waals surface area contributed by atoms with Crippen LogP contribution in [0.4, 0.5) is 30.8 Å². The second-order valence-electron chi connectivity index (χ2n) is 3.65. The summed E-state index contributed by atoms with van der Waals surface area (Å²) >= 11 is 0. The molecule has 0 saturated carbocycles. The van der Waals surface area contributed by atoms with Crippen molar-refractivity contribution < 1.29 is 13.2 Å². The van der Waals surface area contributed by atoms with Gasteiger partial charge in [-0.1, -0.05) is 6.92 Å². The van der Waals surface area contributed by atoms with E-state index in [0.29, 0.717) is 6.42 Å². The molecule has 0 aliphatic carbocycles. The molecular formula is C9H15F3N6. The molecule has 0 radical (unpaired) electrons. The first-order valence-corrected chi connectivity index (χ1v) is 5.28. The summed E-state index contributed by atoms with van der Waals surface area (Å²) in [5.74, 6) is 5.28. The molecule has 0 spiro atoms. The van der Waals surface area contributed by atoms with Crippen LogP contribution in [-0.2, 0) is 0 Å². The Kier molecular flexibility index (Phi) is 4.54. The highest BCUT2D eigenvalue weighted by molar-refractivity contribution is 5.52. The number of rotatable bonds is 5. The van der Waals surface area contributed by atoms with E-state index in [0.717, 1.165) is 4.90 Å². The van der Waals surface area contributed by atoms with Gasteiger partial charge < -0.3 is 16.1 Å². The van der Waals surface area contributed by atoms with Gasteiger partial charge in [0.2, 0.25) is 5.95 Å². The van der Waals surface area contributed by atoms with E-state index >= 15 is 0 Å². The predicted octanol–water partition coefficient (Wildman–Crippen LogP) is 1.12. The van der Waals surface area contributed by atoms with Gasteiger partial charge in [0.15, 0.2) is 0 Å². The van der Waals surface area contributed by atoms with Gasteiger partial charge in [-0.05, 0) is 6.42 Å². The SMILES string of the molecule is CCCN(CC(F)(F)F)c1cc(NN)nc(N)n1. The number of aromatic nitrogens is 2. The number of hydrazine groups is 1. The Bertz CT molecular complexity index is 394. The van der Waals surface area contributed by atoms with Crippen LogP contribution in [0.2, 0.25) is 0 Å². The first-order valence-electron chi connectivity index (χ1n) is 5.28. The number of halogens is 3. The average Bonchev–Trinajstić information content (AvgIpc) is 2.26. The molecule has 18 heavy (non-hydrogen) atoms. The standard InChI is InChI=1S/C9H15F3N6/c1-2-3-18(5-9(10,11)12)7-4-6(17-14)15-8(13)16-7/h4H,2-3,5,14H2,1H3,(H3,13,15,16,17). The molecule has 0 bridgehead atoms. The number of hydrogen-bond acceptors (Lipinski definition) is 6. The highest BCUT2D eigenvalue weighted by atomic mass is 19.4. The Balaban J connectivity index is 3.01. The van der Waals surface area contributed by atoms with E-state index in [1.165, 1.54) is 6.07 Å². The molecule has 0 saturated heterocycles. The third-order valence-corrected chi connectivity index (χ3v) is 2.07. The maximum absolute atomic E-state index is 12.4. The summed E-state index contributed by atoms with van der Waals surface area (Å²) < 4.78 is 37.3. The highest BCUT2D eigenvalue weighted by Gasteiger charge is 2.31. The van der Waals surface area contributed by atoms with Crippen molar-refractivity contribution in [1.82, 2.24) is 9.97 Å². The zero-order chi connectivity index (χ0) is 13.8. The lowest BCUT2D eigenvalue weighted by Crippen LogP contribution is -2.35. The lowest BCUT2D eigenvalue weighted by Gasteiger charge is -2.24. The van der Waals surface area contributed by atoms with E-state index in [1.54, 1.807) is 6.92 Å². The Morgan fingerprint density at radius 1 is 1.39 bits per heavy atom. The van der Waals surface area contributed by atoms with Crippen molar-refractivity contribution in [2.24, 2.45) is 5.84 Å². The fourth-order valence-electron chi connectivity index (χ4n) is 1.45. The van der Waals surface area contributed by atoms with Crippen LogP contribution in [-0.4, -0.2) is 29.2 Å². The van der Waals surface area contributed by atoms with Gasteiger partial charge in [-0.2, -0.15) is 23.1 Å². The van der Waals surface area contributed by atoms with Crippen molar-refractivity contribution >= 4 is 17.6 Å². The largest absolute Gasteiger partial charge is 0.405 e. The minimum atomic E-state index is -4.31. The Morgan fingerprint density at radius 3 is 2.56 bits per heavy atom. The summed E-state index contributed by atoms with van der Waals surface area (Å²) in [5.41, 5.74) is 7.64. The number of alkyl halides is 3. The summed E-state index contributed by atoms with van der Waals surface area (Å²) in [5, 5.41) is 0. The topological polar surface area (TPSA) is 93.1 Å². The van der Waals surface area contributed by atoms with Crippen molar-refractivity contribution in [1.29, 1.82) is 0 Å². The molecule has 1 heterocycles. The number of nitrogens with zero attached hydrogens (tertiary/aromatic N) is 3. The maximum Gasteiger partial charge on any atom is 0.405 e. The zero-order valence-corrected chi connectivity index (χ0v) is 9.83. The molecule has 0 aliphatic heterocycles. The molecule has 5 N–H and O–H groups in total. The highest BCUT2D eigenvalue weighted by Crippen LogP contribution is 2.22. The average molecular weight is 264 g/mol. The summed E-state index contributed by atoms with van der Waals surface area (Å²) in [7, 11) is 0. The van der Waals surface area contributed by atoms with Gasteiger partial charge in [-0.3, -0.25) is 0 Å². The fraction of sp³-hybridized carbons (Fsp3) is 0.556. The number of nitrogens with two attached hydrogens (primary N) is 2. The van der Waals surface area contributed by atoms with Gasteiger partial charge in [-0.25, -0.2) is 5.84 Å². The number of hydrogen-bond donors (Lipinski definition) is 3. The fourth-order valence-corrected chi connectivity index (χ4v) is 1.45. The third kappa shape index (κ3) is 4.24. The van der Waals surface area contributed by atoms with Crippen molar-refractivity contribution in [3.63, 3.8) is 0 Å². The number of anilines is 3. The summed E-state index contributed by atoms with van der Waals surface area (Å²) in [6.07, 6.45) is -3.77. The minimum absolute atomic E-state index is 0.0922. The van der Waals surface area contributed by atoms with E-state index in [-0.39, 0.29) is 24.1 Å². The second kappa shape index (κ2) is 5.71. The van der Waals surface area contributed by atoms with Gasteiger partial charge in [0.05, 0.1) is 0 Å². The smallest absolute Gasteiger partial charge is 0.368 e. The maximum atomic E-state index is 12.4. The molecule has 0 amide bonds. The van der Waals surface area contributed by atoms with Crippen LogP contribution in [0, 0.1) is 0 Å². The molecule has 102 valence electrons. The molecular weight excluding hydrogens is 249 g/mol. The Labute approximate surface area is 102 Å². The van der Waals surface area contributed by atoms with Crippen molar-refractivity contribution in [2.45, 2.75) is 19.5 Å². The van der Waals surface area contributed by atoms with Crippen LogP contribution in [0.3, 0.4) is 0 Å². The predicted molar refractivity (Wildman–Crippen MR) is 62.8 cm³/mol. The lowest BCUT2D eigenvalue weighted by atomic mass is 10.3.